The minimum Gasteiger partial charge on any atom is -0.482 e. The molecule has 2 fully saturated rings. The first-order valence-corrected chi connectivity index (χ1v) is 12.6. The van der Waals surface area contributed by atoms with Crippen molar-refractivity contribution in [3.05, 3.63) is 23.2 Å². The monoisotopic (exact) mass is 472 g/mol. The number of rotatable bonds is 8. The van der Waals surface area contributed by atoms with Gasteiger partial charge in [-0.15, -0.1) is 0 Å². The van der Waals surface area contributed by atoms with Crippen LogP contribution in [0.3, 0.4) is 0 Å². The second-order valence-corrected chi connectivity index (χ2v) is 10.0. The van der Waals surface area contributed by atoms with Gasteiger partial charge in [0.1, 0.15) is 5.75 Å². The van der Waals surface area contributed by atoms with E-state index in [2.05, 4.69) is 4.72 Å². The molecule has 1 heterocycles. The van der Waals surface area contributed by atoms with Gasteiger partial charge in [-0.25, -0.2) is 13.1 Å². The summed E-state index contributed by atoms with van der Waals surface area (Å²) in [5.74, 6) is -0.351. The van der Waals surface area contributed by atoms with Crippen molar-refractivity contribution in [1.82, 2.24) is 9.62 Å². The molecule has 0 spiro atoms. The summed E-state index contributed by atoms with van der Waals surface area (Å²) in [5, 5.41) is 0.128. The number of likely N-dealkylation sites (tertiary alicyclic amines) is 1. The third kappa shape index (κ3) is 6.33. The highest BCUT2D eigenvalue weighted by Gasteiger charge is 2.28. The molecule has 1 amide bonds. The van der Waals surface area contributed by atoms with Gasteiger partial charge in [0, 0.05) is 19.1 Å². The van der Waals surface area contributed by atoms with Crippen LogP contribution in [0.2, 0.25) is 5.02 Å². The second kappa shape index (κ2) is 10.7. The molecule has 2 aliphatic rings. The SMILES string of the molecule is CCOC(=O)C1CCN(C(=O)COc2ccc(S(=O)(=O)NC3CCCC3)cc2Cl)CC1. The van der Waals surface area contributed by atoms with Crippen LogP contribution in [-0.2, 0) is 24.3 Å². The van der Waals surface area contributed by atoms with Crippen LogP contribution < -0.4 is 9.46 Å². The first-order valence-electron chi connectivity index (χ1n) is 10.7. The third-order valence-corrected chi connectivity index (χ3v) is 7.52. The van der Waals surface area contributed by atoms with Crippen LogP contribution in [-0.4, -0.2) is 57.5 Å². The summed E-state index contributed by atoms with van der Waals surface area (Å²) >= 11 is 6.21. The number of hydrogen-bond acceptors (Lipinski definition) is 6. The van der Waals surface area contributed by atoms with Gasteiger partial charge < -0.3 is 14.4 Å². The van der Waals surface area contributed by atoms with Crippen molar-refractivity contribution in [3.63, 3.8) is 0 Å². The molecule has 0 unspecified atom stereocenters. The highest BCUT2D eigenvalue weighted by atomic mass is 35.5. The molecule has 10 heteroatoms. The predicted octanol–water partition coefficient (Wildman–Crippen LogP) is 2.74. The molecule has 1 aliphatic heterocycles. The van der Waals surface area contributed by atoms with Crippen molar-refractivity contribution in [2.24, 2.45) is 5.92 Å². The van der Waals surface area contributed by atoms with E-state index >= 15 is 0 Å². The fraction of sp³-hybridized carbons (Fsp3) is 0.619. The lowest BCUT2D eigenvalue weighted by molar-refractivity contribution is -0.151. The first-order chi connectivity index (χ1) is 14.8. The van der Waals surface area contributed by atoms with Crippen molar-refractivity contribution in [2.75, 3.05) is 26.3 Å². The minimum absolute atomic E-state index is 0.0368. The fourth-order valence-electron chi connectivity index (χ4n) is 3.95. The summed E-state index contributed by atoms with van der Waals surface area (Å²) in [7, 11) is -3.65. The molecule has 31 heavy (non-hydrogen) atoms. The Morgan fingerprint density at radius 3 is 2.45 bits per heavy atom. The molecular formula is C21H29ClN2O6S. The van der Waals surface area contributed by atoms with E-state index in [9.17, 15) is 18.0 Å². The van der Waals surface area contributed by atoms with Crippen molar-refractivity contribution in [1.29, 1.82) is 0 Å². The van der Waals surface area contributed by atoms with Gasteiger partial charge in [0.05, 0.1) is 22.4 Å². The number of halogens is 1. The van der Waals surface area contributed by atoms with E-state index in [1.54, 1.807) is 11.8 Å². The number of amides is 1. The zero-order chi connectivity index (χ0) is 22.4. The van der Waals surface area contributed by atoms with E-state index in [1.165, 1.54) is 18.2 Å². The van der Waals surface area contributed by atoms with Crippen LogP contribution in [0.1, 0.15) is 45.4 Å². The molecule has 0 aromatic heterocycles. The van der Waals surface area contributed by atoms with Crippen molar-refractivity contribution in [3.8, 4) is 5.75 Å². The van der Waals surface area contributed by atoms with Crippen LogP contribution in [0.15, 0.2) is 23.1 Å². The zero-order valence-electron chi connectivity index (χ0n) is 17.6. The lowest BCUT2D eigenvalue weighted by Gasteiger charge is -2.30. The predicted molar refractivity (Wildman–Crippen MR) is 115 cm³/mol. The van der Waals surface area contributed by atoms with E-state index in [-0.39, 0.29) is 46.1 Å². The maximum atomic E-state index is 12.5. The number of ether oxygens (including phenoxy) is 2. The Labute approximate surface area is 188 Å². The van der Waals surface area contributed by atoms with Crippen LogP contribution in [0.25, 0.3) is 0 Å². The van der Waals surface area contributed by atoms with Gasteiger partial charge in [-0.05, 0) is 50.8 Å². The average Bonchev–Trinajstić information content (AvgIpc) is 3.25. The molecule has 172 valence electrons. The first kappa shape index (κ1) is 23.8. The van der Waals surface area contributed by atoms with E-state index < -0.39 is 10.0 Å². The highest BCUT2D eigenvalue weighted by Crippen LogP contribution is 2.28. The minimum atomic E-state index is -3.65. The van der Waals surface area contributed by atoms with Crippen LogP contribution in [0, 0.1) is 5.92 Å². The number of piperidine rings is 1. The van der Waals surface area contributed by atoms with Crippen LogP contribution in [0.5, 0.6) is 5.75 Å². The number of hydrogen-bond donors (Lipinski definition) is 1. The lowest BCUT2D eigenvalue weighted by atomic mass is 9.97. The largest absolute Gasteiger partial charge is 0.482 e. The van der Waals surface area contributed by atoms with Gasteiger partial charge in [0.2, 0.25) is 10.0 Å². The van der Waals surface area contributed by atoms with Gasteiger partial charge in [0.15, 0.2) is 6.61 Å². The molecule has 1 saturated carbocycles. The number of nitrogens with one attached hydrogen (secondary N) is 1. The average molecular weight is 473 g/mol. The molecule has 0 bridgehead atoms. The van der Waals surface area contributed by atoms with Gasteiger partial charge >= 0.3 is 5.97 Å². The highest BCUT2D eigenvalue weighted by molar-refractivity contribution is 7.89. The Hall–Kier alpha value is -1.84. The molecule has 1 aromatic carbocycles. The molecule has 1 saturated heterocycles. The Balaban J connectivity index is 1.51. The quantitative estimate of drug-likeness (QED) is 0.583. The van der Waals surface area contributed by atoms with Gasteiger partial charge in [-0.3, -0.25) is 9.59 Å². The number of esters is 1. The van der Waals surface area contributed by atoms with Crippen molar-refractivity contribution >= 4 is 33.5 Å². The summed E-state index contributed by atoms with van der Waals surface area (Å²) in [6.45, 7) is 2.83. The maximum absolute atomic E-state index is 12.5. The number of nitrogens with zero attached hydrogens (tertiary/aromatic N) is 1. The Morgan fingerprint density at radius 1 is 1.16 bits per heavy atom. The van der Waals surface area contributed by atoms with E-state index in [0.717, 1.165) is 25.7 Å². The van der Waals surface area contributed by atoms with Crippen LogP contribution >= 0.6 is 11.6 Å². The van der Waals surface area contributed by atoms with Crippen LogP contribution in [0.4, 0.5) is 0 Å². The maximum Gasteiger partial charge on any atom is 0.309 e. The second-order valence-electron chi connectivity index (χ2n) is 7.89. The smallest absolute Gasteiger partial charge is 0.309 e. The van der Waals surface area contributed by atoms with E-state index in [1.807, 2.05) is 0 Å². The van der Waals surface area contributed by atoms with Gasteiger partial charge in [0.25, 0.3) is 5.91 Å². The summed E-state index contributed by atoms with van der Waals surface area (Å²) in [6.07, 6.45) is 4.85. The summed E-state index contributed by atoms with van der Waals surface area (Å²) in [5.41, 5.74) is 0. The summed E-state index contributed by atoms with van der Waals surface area (Å²) < 4.78 is 38.4. The van der Waals surface area contributed by atoms with Gasteiger partial charge in [-0.2, -0.15) is 0 Å². The molecule has 0 atom stereocenters. The van der Waals surface area contributed by atoms with Crippen molar-refractivity contribution in [2.45, 2.75) is 56.4 Å². The Morgan fingerprint density at radius 2 is 1.84 bits per heavy atom. The normalized spacial score (nSPS) is 18.2. The Bertz CT molecular complexity index is 893. The van der Waals surface area contributed by atoms with E-state index in [0.29, 0.717) is 32.5 Å². The molecular weight excluding hydrogens is 444 g/mol. The molecule has 1 aliphatic carbocycles. The number of sulfonamides is 1. The van der Waals surface area contributed by atoms with Gasteiger partial charge in [-0.1, -0.05) is 24.4 Å². The Kier molecular flexibility index (Phi) is 8.18. The number of carbonyl (C=O) groups is 2. The number of benzene rings is 1. The zero-order valence-corrected chi connectivity index (χ0v) is 19.2. The topological polar surface area (TPSA) is 102 Å². The van der Waals surface area contributed by atoms with E-state index in [4.69, 9.17) is 21.1 Å². The third-order valence-electron chi connectivity index (χ3n) is 5.71. The van der Waals surface area contributed by atoms with Crippen molar-refractivity contribution < 1.29 is 27.5 Å². The molecule has 0 radical (unpaired) electrons. The molecule has 8 nitrogen and oxygen atoms in total. The number of carbonyl (C=O) groups excluding carboxylic acids is 2. The standard InChI is InChI=1S/C21H29ClN2O6S/c1-2-29-21(26)15-9-11-24(12-10-15)20(25)14-30-19-8-7-17(13-18(19)22)31(27,28)23-16-5-3-4-6-16/h7-8,13,15-16,23H,2-6,9-12,14H2,1H3. The molecule has 3 rings (SSSR count). The molecule has 1 N–H and O–H groups in total. The molecule has 1 aromatic rings. The fourth-order valence-corrected chi connectivity index (χ4v) is 5.58. The summed E-state index contributed by atoms with van der Waals surface area (Å²) in [4.78, 5) is 26.0. The lowest BCUT2D eigenvalue weighted by Crippen LogP contribution is -2.42. The summed E-state index contributed by atoms with van der Waals surface area (Å²) in [6, 6.07) is 4.19.